The maximum atomic E-state index is 11.4. The van der Waals surface area contributed by atoms with Crippen molar-refractivity contribution in [2.75, 3.05) is 0 Å². The summed E-state index contributed by atoms with van der Waals surface area (Å²) in [4.78, 5) is 20.7. The molecule has 2 N–H and O–H groups in total. The van der Waals surface area contributed by atoms with E-state index in [-0.39, 0.29) is 11.9 Å². The molecule has 1 aliphatic carbocycles. The lowest BCUT2D eigenvalue weighted by Crippen LogP contribution is -2.55. The number of hydrogen-bond donors (Lipinski definition) is 2. The molecule has 5 rings (SSSR count). The summed E-state index contributed by atoms with van der Waals surface area (Å²) in [5, 5.41) is 25.1. The van der Waals surface area contributed by atoms with Gasteiger partial charge in [-0.15, -0.1) is 0 Å². The van der Waals surface area contributed by atoms with Gasteiger partial charge in [0.25, 0.3) is 0 Å². The van der Waals surface area contributed by atoms with E-state index in [9.17, 15) is 10.1 Å². The Bertz CT molecular complexity index is 1290. The summed E-state index contributed by atoms with van der Waals surface area (Å²) in [5.74, 6) is -0.0601. The lowest BCUT2D eigenvalue weighted by atomic mass is 9.71. The number of carbonyl (C=O) groups is 1. The Balaban J connectivity index is 1.55. The van der Waals surface area contributed by atoms with Gasteiger partial charge in [0, 0.05) is 36.9 Å². The van der Waals surface area contributed by atoms with Crippen molar-refractivity contribution in [3.05, 3.63) is 48.9 Å². The van der Waals surface area contributed by atoms with Crippen LogP contribution in [0.3, 0.4) is 0 Å². The predicted molar refractivity (Wildman–Crippen MR) is 113 cm³/mol. The second kappa shape index (κ2) is 7.32. The van der Waals surface area contributed by atoms with Crippen molar-refractivity contribution in [1.29, 1.82) is 5.26 Å². The lowest BCUT2D eigenvalue weighted by molar-refractivity contribution is -0.121. The number of aromatic amines is 1. The first-order chi connectivity index (χ1) is 15.1. The van der Waals surface area contributed by atoms with Crippen LogP contribution in [-0.4, -0.2) is 41.9 Å². The molecule has 0 unspecified atom stereocenters. The summed E-state index contributed by atoms with van der Waals surface area (Å²) >= 11 is 0. The van der Waals surface area contributed by atoms with Gasteiger partial charge in [0.15, 0.2) is 0 Å². The van der Waals surface area contributed by atoms with Crippen LogP contribution in [0.1, 0.15) is 26.2 Å². The third kappa shape index (κ3) is 3.32. The van der Waals surface area contributed by atoms with Crippen molar-refractivity contribution in [2.45, 2.75) is 37.8 Å². The third-order valence-electron chi connectivity index (χ3n) is 5.75. The number of nitriles is 1. The van der Waals surface area contributed by atoms with Crippen molar-refractivity contribution in [3.8, 4) is 28.8 Å². The zero-order valence-electron chi connectivity index (χ0n) is 16.9. The van der Waals surface area contributed by atoms with Gasteiger partial charge in [-0.1, -0.05) is 0 Å². The van der Waals surface area contributed by atoms with Crippen molar-refractivity contribution in [2.24, 2.45) is 0 Å². The second-order valence-electron chi connectivity index (χ2n) is 7.90. The van der Waals surface area contributed by atoms with Gasteiger partial charge in [-0.3, -0.25) is 19.6 Å². The number of H-pyrrole nitrogens is 1. The smallest absolute Gasteiger partial charge is 0.217 e. The Kier molecular flexibility index (Phi) is 4.47. The highest BCUT2D eigenvalue weighted by Gasteiger charge is 2.47. The van der Waals surface area contributed by atoms with E-state index >= 15 is 0 Å². The highest BCUT2D eigenvalue weighted by molar-refractivity contribution is 5.93. The molecule has 9 heteroatoms. The van der Waals surface area contributed by atoms with Gasteiger partial charge in [0.1, 0.15) is 17.1 Å². The van der Waals surface area contributed by atoms with Gasteiger partial charge < -0.3 is 5.32 Å². The molecule has 1 amide bonds. The number of nitrogens with zero attached hydrogens (tertiary/aromatic N) is 6. The second-order valence-corrected chi connectivity index (χ2v) is 7.90. The van der Waals surface area contributed by atoms with E-state index in [4.69, 9.17) is 10.1 Å². The van der Waals surface area contributed by atoms with E-state index in [1.54, 1.807) is 12.4 Å². The molecule has 1 fully saturated rings. The van der Waals surface area contributed by atoms with E-state index in [0.29, 0.717) is 36.3 Å². The summed E-state index contributed by atoms with van der Waals surface area (Å²) in [6.07, 6.45) is 7.06. The van der Waals surface area contributed by atoms with E-state index in [1.165, 1.54) is 6.92 Å². The average molecular weight is 412 g/mol. The highest BCUT2D eigenvalue weighted by Crippen LogP contribution is 2.42. The number of aromatic nitrogens is 6. The Hall–Kier alpha value is -4.06. The molecule has 9 nitrogen and oxygen atoms in total. The highest BCUT2D eigenvalue weighted by atomic mass is 16.1. The molecule has 0 bridgehead atoms. The molecule has 0 aliphatic heterocycles. The number of amides is 1. The van der Waals surface area contributed by atoms with Gasteiger partial charge >= 0.3 is 0 Å². The quantitative estimate of drug-likeness (QED) is 0.519. The van der Waals surface area contributed by atoms with Crippen LogP contribution in [0.4, 0.5) is 0 Å². The van der Waals surface area contributed by atoms with E-state index in [1.807, 2.05) is 41.2 Å². The molecule has 0 spiro atoms. The summed E-state index contributed by atoms with van der Waals surface area (Å²) < 4.78 is 1.86. The Morgan fingerprint density at radius 3 is 2.94 bits per heavy atom. The zero-order chi connectivity index (χ0) is 21.4. The standard InChI is InChI=1S/C22H20N8O/c1-14(31)26-15-12-22(13-15,6-7-23)30-10-5-18(29-30)21-16-3-2-8-24-19(16)11-20(27-21)17-4-9-25-28-17/h2-5,8-11,15H,6,12-13H2,1H3,(H,25,28)(H,26,31). The molecular weight excluding hydrogens is 392 g/mol. The fourth-order valence-electron chi connectivity index (χ4n) is 4.33. The number of nitrogens with one attached hydrogen (secondary N) is 2. The molecule has 4 aromatic rings. The fourth-order valence-corrected chi connectivity index (χ4v) is 4.33. The summed E-state index contributed by atoms with van der Waals surface area (Å²) in [7, 11) is 0. The van der Waals surface area contributed by atoms with Crippen molar-refractivity contribution >= 4 is 16.8 Å². The van der Waals surface area contributed by atoms with Gasteiger partial charge in [-0.25, -0.2) is 4.98 Å². The molecular formula is C22H20N8O. The maximum Gasteiger partial charge on any atom is 0.217 e. The first-order valence-electron chi connectivity index (χ1n) is 10.0. The molecule has 4 heterocycles. The van der Waals surface area contributed by atoms with Crippen LogP contribution in [0, 0.1) is 11.3 Å². The minimum atomic E-state index is -0.423. The molecule has 0 aromatic carbocycles. The number of pyridine rings is 2. The largest absolute Gasteiger partial charge is 0.353 e. The summed E-state index contributed by atoms with van der Waals surface area (Å²) in [6.45, 7) is 1.51. The average Bonchev–Trinajstić information content (AvgIpc) is 3.43. The summed E-state index contributed by atoms with van der Waals surface area (Å²) in [6, 6.07) is 11.9. The van der Waals surface area contributed by atoms with Crippen LogP contribution >= 0.6 is 0 Å². The van der Waals surface area contributed by atoms with Gasteiger partial charge in [0.2, 0.25) is 5.91 Å². The molecule has 0 atom stereocenters. The SMILES string of the molecule is CC(=O)NC1CC(CC#N)(n2ccc(-c3nc(-c4cc[nH]n4)cc4ncccc34)n2)C1. The van der Waals surface area contributed by atoms with Crippen molar-refractivity contribution in [3.63, 3.8) is 0 Å². The third-order valence-corrected chi connectivity index (χ3v) is 5.75. The van der Waals surface area contributed by atoms with E-state index < -0.39 is 5.54 Å². The van der Waals surface area contributed by atoms with E-state index in [0.717, 1.165) is 16.6 Å². The first kappa shape index (κ1) is 18.9. The number of hydrogen-bond acceptors (Lipinski definition) is 6. The minimum absolute atomic E-state index is 0.0599. The Morgan fingerprint density at radius 1 is 1.32 bits per heavy atom. The topological polar surface area (TPSA) is 125 Å². The van der Waals surface area contributed by atoms with Crippen LogP contribution in [0.2, 0.25) is 0 Å². The predicted octanol–water partition coefficient (Wildman–Crippen LogP) is 2.79. The zero-order valence-corrected chi connectivity index (χ0v) is 16.9. The molecule has 4 aromatic heterocycles. The van der Waals surface area contributed by atoms with Crippen LogP contribution in [0.15, 0.2) is 48.9 Å². The van der Waals surface area contributed by atoms with Gasteiger partial charge in [-0.2, -0.15) is 15.5 Å². The van der Waals surface area contributed by atoms with E-state index in [2.05, 4.69) is 26.6 Å². The number of rotatable bonds is 5. The van der Waals surface area contributed by atoms with Crippen LogP contribution in [0.5, 0.6) is 0 Å². The van der Waals surface area contributed by atoms with Crippen molar-refractivity contribution in [1.82, 2.24) is 35.3 Å². The first-order valence-corrected chi connectivity index (χ1v) is 10.0. The molecule has 1 saturated carbocycles. The molecule has 31 heavy (non-hydrogen) atoms. The minimum Gasteiger partial charge on any atom is -0.353 e. The van der Waals surface area contributed by atoms with Crippen LogP contribution in [-0.2, 0) is 10.3 Å². The van der Waals surface area contributed by atoms with Crippen molar-refractivity contribution < 1.29 is 4.79 Å². The summed E-state index contributed by atoms with van der Waals surface area (Å²) in [5.41, 5.74) is 3.24. The maximum absolute atomic E-state index is 11.4. The van der Waals surface area contributed by atoms with Crippen LogP contribution < -0.4 is 5.32 Å². The lowest BCUT2D eigenvalue weighted by Gasteiger charge is -2.46. The molecule has 1 aliphatic rings. The Morgan fingerprint density at radius 2 is 2.19 bits per heavy atom. The molecule has 0 radical (unpaired) electrons. The normalized spacial score (nSPS) is 20.2. The molecule has 154 valence electrons. The Labute approximate surface area is 178 Å². The van der Waals surface area contributed by atoms with Crippen LogP contribution in [0.25, 0.3) is 33.7 Å². The number of carbonyl (C=O) groups excluding carboxylic acids is 1. The molecule has 0 saturated heterocycles. The monoisotopic (exact) mass is 412 g/mol. The fraction of sp³-hybridized carbons (Fsp3) is 0.273. The van der Waals surface area contributed by atoms with Gasteiger partial charge in [0.05, 0.1) is 29.2 Å². The van der Waals surface area contributed by atoms with Gasteiger partial charge in [-0.05, 0) is 43.2 Å². The number of fused-ring (bicyclic) bond motifs is 1.